The molecule has 0 aliphatic rings. The van der Waals surface area contributed by atoms with Crippen LogP contribution in [0.4, 0.5) is 10.1 Å². The van der Waals surface area contributed by atoms with Gasteiger partial charge in [-0.15, -0.1) is 0 Å². The van der Waals surface area contributed by atoms with Crippen molar-refractivity contribution in [3.05, 3.63) is 57.8 Å². The van der Waals surface area contributed by atoms with E-state index in [-0.39, 0.29) is 11.3 Å². The predicted molar refractivity (Wildman–Crippen MR) is 95.3 cm³/mol. The number of benzene rings is 2. The summed E-state index contributed by atoms with van der Waals surface area (Å²) < 4.78 is 24.3. The van der Waals surface area contributed by atoms with Crippen LogP contribution in [0, 0.1) is 12.7 Å². The van der Waals surface area contributed by atoms with E-state index in [4.69, 9.17) is 9.47 Å². The van der Waals surface area contributed by atoms with E-state index in [2.05, 4.69) is 21.2 Å². The number of esters is 1. The molecule has 2 aromatic rings. The number of hydrogen-bond acceptors (Lipinski definition) is 4. The fourth-order valence-electron chi connectivity index (χ4n) is 2.03. The first-order valence-corrected chi connectivity index (χ1v) is 8.22. The zero-order valence-corrected chi connectivity index (χ0v) is 15.5. The molecule has 1 atom stereocenters. The number of nitrogens with one attached hydrogen (secondary N) is 1. The molecule has 2 aromatic carbocycles. The van der Waals surface area contributed by atoms with Crippen LogP contribution in [0.25, 0.3) is 0 Å². The average Bonchev–Trinajstić information content (AvgIpc) is 2.57. The first-order valence-electron chi connectivity index (χ1n) is 7.43. The Bertz CT molecular complexity index is 810. The number of carbonyl (C=O) groups excluding carboxylic acids is 2. The minimum atomic E-state index is -1.05. The first-order chi connectivity index (χ1) is 11.8. The molecule has 7 heteroatoms. The number of amides is 1. The highest BCUT2D eigenvalue weighted by atomic mass is 79.9. The Morgan fingerprint density at radius 2 is 1.92 bits per heavy atom. The van der Waals surface area contributed by atoms with Crippen molar-refractivity contribution in [3.63, 3.8) is 0 Å². The molecule has 0 aromatic heterocycles. The Labute approximate surface area is 153 Å². The van der Waals surface area contributed by atoms with Gasteiger partial charge in [-0.3, -0.25) is 4.79 Å². The minimum absolute atomic E-state index is 0.00512. The van der Waals surface area contributed by atoms with E-state index in [1.165, 1.54) is 26.2 Å². The van der Waals surface area contributed by atoms with Crippen molar-refractivity contribution in [2.24, 2.45) is 0 Å². The van der Waals surface area contributed by atoms with Gasteiger partial charge >= 0.3 is 5.97 Å². The Balaban J connectivity index is 2.02. The SMILES string of the molecule is COc1ccc(C(=O)O[C@H](C)C(=O)Nc2ccc(C)cc2Br)cc1F. The third kappa shape index (κ3) is 4.79. The molecular weight excluding hydrogens is 393 g/mol. The smallest absolute Gasteiger partial charge is 0.339 e. The van der Waals surface area contributed by atoms with Crippen LogP contribution < -0.4 is 10.1 Å². The molecule has 0 saturated heterocycles. The molecule has 0 bridgehead atoms. The van der Waals surface area contributed by atoms with Gasteiger partial charge in [-0.2, -0.15) is 0 Å². The van der Waals surface area contributed by atoms with Gasteiger partial charge in [-0.05, 0) is 65.7 Å². The molecule has 0 aliphatic heterocycles. The van der Waals surface area contributed by atoms with Crippen LogP contribution >= 0.6 is 15.9 Å². The second-order valence-electron chi connectivity index (χ2n) is 5.37. The second-order valence-corrected chi connectivity index (χ2v) is 6.22. The third-order valence-corrected chi connectivity index (χ3v) is 4.08. The summed E-state index contributed by atoms with van der Waals surface area (Å²) in [4.78, 5) is 24.2. The van der Waals surface area contributed by atoms with Gasteiger partial charge in [0.15, 0.2) is 17.7 Å². The zero-order valence-electron chi connectivity index (χ0n) is 13.9. The molecular formula is C18H17BrFNO4. The third-order valence-electron chi connectivity index (χ3n) is 3.42. The largest absolute Gasteiger partial charge is 0.494 e. The zero-order chi connectivity index (χ0) is 18.6. The Morgan fingerprint density at radius 1 is 1.20 bits per heavy atom. The average molecular weight is 410 g/mol. The van der Waals surface area contributed by atoms with Gasteiger partial charge in [0.05, 0.1) is 18.4 Å². The van der Waals surface area contributed by atoms with Crippen molar-refractivity contribution in [2.75, 3.05) is 12.4 Å². The maximum Gasteiger partial charge on any atom is 0.339 e. The van der Waals surface area contributed by atoms with Gasteiger partial charge in [-0.25, -0.2) is 9.18 Å². The number of hydrogen-bond donors (Lipinski definition) is 1. The number of rotatable bonds is 5. The molecule has 132 valence electrons. The van der Waals surface area contributed by atoms with Crippen LogP contribution in [0.3, 0.4) is 0 Å². The number of halogens is 2. The standard InChI is InChI=1S/C18H17BrFNO4/c1-10-4-6-15(13(19)8-10)21-17(22)11(2)25-18(23)12-5-7-16(24-3)14(20)9-12/h4-9,11H,1-3H3,(H,21,22)/t11-/m1/s1. The number of aryl methyl sites for hydroxylation is 1. The molecule has 2 rings (SSSR count). The Hall–Kier alpha value is -2.41. The topological polar surface area (TPSA) is 64.6 Å². The van der Waals surface area contributed by atoms with E-state index < -0.39 is 23.8 Å². The van der Waals surface area contributed by atoms with E-state index in [0.717, 1.165) is 16.1 Å². The lowest BCUT2D eigenvalue weighted by molar-refractivity contribution is -0.123. The van der Waals surface area contributed by atoms with E-state index in [1.807, 2.05) is 19.1 Å². The lowest BCUT2D eigenvalue weighted by atomic mass is 10.2. The Kier molecular flexibility index (Phi) is 6.14. The van der Waals surface area contributed by atoms with Crippen LogP contribution in [0.1, 0.15) is 22.8 Å². The van der Waals surface area contributed by atoms with E-state index in [0.29, 0.717) is 5.69 Å². The van der Waals surface area contributed by atoms with Crippen LogP contribution in [-0.2, 0) is 9.53 Å². The van der Waals surface area contributed by atoms with Crippen molar-refractivity contribution in [1.82, 2.24) is 0 Å². The van der Waals surface area contributed by atoms with Crippen LogP contribution in [0.2, 0.25) is 0 Å². The minimum Gasteiger partial charge on any atom is -0.494 e. The number of ether oxygens (including phenoxy) is 2. The molecule has 0 fully saturated rings. The fraction of sp³-hybridized carbons (Fsp3) is 0.222. The molecule has 1 amide bonds. The fourth-order valence-corrected chi connectivity index (χ4v) is 2.62. The molecule has 0 aliphatic carbocycles. The van der Waals surface area contributed by atoms with E-state index >= 15 is 0 Å². The van der Waals surface area contributed by atoms with Gasteiger partial charge in [0.1, 0.15) is 0 Å². The van der Waals surface area contributed by atoms with Crippen molar-refractivity contribution in [3.8, 4) is 5.75 Å². The maximum absolute atomic E-state index is 13.7. The molecule has 1 N–H and O–H groups in total. The monoisotopic (exact) mass is 409 g/mol. The van der Waals surface area contributed by atoms with E-state index in [1.54, 1.807) is 6.07 Å². The summed E-state index contributed by atoms with van der Waals surface area (Å²) >= 11 is 3.36. The number of carbonyl (C=O) groups is 2. The quantitative estimate of drug-likeness (QED) is 0.755. The number of methoxy groups -OCH3 is 1. The van der Waals surface area contributed by atoms with Gasteiger partial charge in [-0.1, -0.05) is 6.07 Å². The summed E-state index contributed by atoms with van der Waals surface area (Å²) in [5.74, 6) is -1.96. The van der Waals surface area contributed by atoms with Crippen LogP contribution in [0.5, 0.6) is 5.75 Å². The normalized spacial score (nSPS) is 11.6. The van der Waals surface area contributed by atoms with Crippen molar-refractivity contribution >= 4 is 33.5 Å². The lowest BCUT2D eigenvalue weighted by Gasteiger charge is -2.15. The summed E-state index contributed by atoms with van der Waals surface area (Å²) in [6.45, 7) is 3.37. The highest BCUT2D eigenvalue weighted by molar-refractivity contribution is 9.10. The summed E-state index contributed by atoms with van der Waals surface area (Å²) in [6.07, 6.45) is -1.05. The van der Waals surface area contributed by atoms with Crippen LogP contribution in [-0.4, -0.2) is 25.1 Å². The number of anilines is 1. The first kappa shape index (κ1) is 18.9. The predicted octanol–water partition coefficient (Wildman–Crippen LogP) is 4.09. The van der Waals surface area contributed by atoms with E-state index in [9.17, 15) is 14.0 Å². The van der Waals surface area contributed by atoms with Gasteiger partial charge < -0.3 is 14.8 Å². The van der Waals surface area contributed by atoms with Crippen molar-refractivity contribution < 1.29 is 23.5 Å². The molecule has 0 radical (unpaired) electrons. The van der Waals surface area contributed by atoms with Crippen LogP contribution in [0.15, 0.2) is 40.9 Å². The molecule has 25 heavy (non-hydrogen) atoms. The summed E-state index contributed by atoms with van der Waals surface area (Å²) in [6, 6.07) is 9.13. The summed E-state index contributed by atoms with van der Waals surface area (Å²) in [7, 11) is 1.33. The van der Waals surface area contributed by atoms with Crippen molar-refractivity contribution in [1.29, 1.82) is 0 Å². The Morgan fingerprint density at radius 3 is 2.52 bits per heavy atom. The summed E-state index contributed by atoms with van der Waals surface area (Å²) in [5, 5.41) is 2.67. The molecule has 0 unspecified atom stereocenters. The molecule has 5 nitrogen and oxygen atoms in total. The van der Waals surface area contributed by atoms with Gasteiger partial charge in [0.2, 0.25) is 0 Å². The highest BCUT2D eigenvalue weighted by Crippen LogP contribution is 2.24. The molecule has 0 spiro atoms. The molecule has 0 saturated carbocycles. The second kappa shape index (κ2) is 8.11. The van der Waals surface area contributed by atoms with Crippen molar-refractivity contribution in [2.45, 2.75) is 20.0 Å². The highest BCUT2D eigenvalue weighted by Gasteiger charge is 2.20. The maximum atomic E-state index is 13.7. The van der Waals surface area contributed by atoms with Gasteiger partial charge in [0.25, 0.3) is 5.91 Å². The lowest BCUT2D eigenvalue weighted by Crippen LogP contribution is -2.30. The molecule has 0 heterocycles. The summed E-state index contributed by atoms with van der Waals surface area (Å²) in [5.41, 5.74) is 1.59. The van der Waals surface area contributed by atoms with Gasteiger partial charge in [0, 0.05) is 4.47 Å².